The zero-order chi connectivity index (χ0) is 63.4. The van der Waals surface area contributed by atoms with Crippen LogP contribution in [-0.4, -0.2) is 0 Å². The first-order valence-corrected chi connectivity index (χ1v) is 16.1. The number of hydrogen-bond acceptors (Lipinski definition) is 1. The monoisotopic (exact) mass is 718 g/mol. The van der Waals surface area contributed by atoms with E-state index in [0.29, 0.717) is 0 Å². The van der Waals surface area contributed by atoms with Crippen molar-refractivity contribution in [2.45, 2.75) is 6.42 Å². The molecule has 0 saturated heterocycles. The minimum Gasteiger partial charge on any atom is -0.455 e. The SMILES string of the molecule is [2H]c1c([2H])c([2H])c(-c2c([2H])c([2H])c([2H])c3c2oc2c([2H])c([2H])c(-c4c([2H])c([2H])c5c(-c6c7c([2H])c([2H])c([2H])c([2H])c7c(Cc7c([2H])c([2H])c([2H])c8c([2H])c([2H])c([2H])c([2H])c78)c7c([2H])c([2H])c([2H])c([2H])c67)c([2H])c([2H])c([2H])c5c4[2H])c([2H])c23)c([2H])c1[2H]. The molecular weight excluding hydrogens is 653 g/mol. The number of furan rings is 1. The van der Waals surface area contributed by atoms with Crippen LogP contribution in [0.2, 0.25) is 0 Å². The van der Waals surface area contributed by atoms with Crippen molar-refractivity contribution < 1.29 is 48.3 Å². The van der Waals surface area contributed by atoms with Crippen molar-refractivity contribution in [1.29, 1.82) is 0 Å². The van der Waals surface area contributed by atoms with Crippen LogP contribution in [0.1, 0.15) is 55.0 Å². The zero-order valence-corrected chi connectivity index (χ0v) is 27.1. The summed E-state index contributed by atoms with van der Waals surface area (Å²) in [6.45, 7) is 0. The summed E-state index contributed by atoms with van der Waals surface area (Å²) in [4.78, 5) is 0. The normalized spacial score (nSPS) is 20.1. The summed E-state index contributed by atoms with van der Waals surface area (Å²) in [5, 5.41) is -6.38. The lowest BCUT2D eigenvalue weighted by Gasteiger charge is -2.19. The molecule has 0 spiro atoms. The summed E-state index contributed by atoms with van der Waals surface area (Å²) in [6.07, 6.45) is -0.908. The second kappa shape index (κ2) is 12.3. The molecule has 1 nitrogen and oxygen atoms in total. The number of para-hydroxylation sites is 1. The molecule has 0 aliphatic rings. The average molecular weight is 719 g/mol. The van der Waals surface area contributed by atoms with E-state index < -0.39 is 309 Å². The molecule has 252 valence electrons. The number of rotatable bonds is 5. The number of hydrogen-bond donors (Lipinski definition) is 0. The Morgan fingerprint density at radius 2 is 0.963 bits per heavy atom. The summed E-state index contributed by atoms with van der Waals surface area (Å²) in [6, 6.07) is -29.6. The fourth-order valence-corrected chi connectivity index (χ4v) is 6.62. The molecule has 0 aliphatic heterocycles. The van der Waals surface area contributed by atoms with Gasteiger partial charge in [-0.15, -0.1) is 0 Å². The predicted molar refractivity (Wildman–Crippen MR) is 229 cm³/mol. The van der Waals surface area contributed by atoms with Crippen molar-refractivity contribution in [3.05, 3.63) is 204 Å². The second-order valence-electron chi connectivity index (χ2n) is 11.9. The van der Waals surface area contributed by atoms with Gasteiger partial charge in [0, 0.05) is 16.3 Å². The molecule has 11 rings (SSSR count). The van der Waals surface area contributed by atoms with Gasteiger partial charge in [0.25, 0.3) is 0 Å². The fourth-order valence-electron chi connectivity index (χ4n) is 6.62. The number of fused-ring (bicyclic) bond motifs is 7. The van der Waals surface area contributed by atoms with E-state index in [9.17, 15) is 17.8 Å². The zero-order valence-electron chi connectivity index (χ0n) is 59.1. The Labute approximate surface area is 358 Å². The van der Waals surface area contributed by atoms with Gasteiger partial charge in [-0.2, -0.15) is 0 Å². The highest BCUT2D eigenvalue weighted by atomic mass is 16.3. The fraction of sp³-hybridized carbons (Fsp3) is 0.0189. The lowest BCUT2D eigenvalue weighted by Crippen LogP contribution is -1.96. The van der Waals surface area contributed by atoms with Gasteiger partial charge in [-0.05, 0) is 107 Å². The van der Waals surface area contributed by atoms with E-state index in [-0.39, 0.29) is 0 Å². The molecule has 0 fully saturated rings. The van der Waals surface area contributed by atoms with Gasteiger partial charge in [0.05, 0.1) is 43.9 Å². The van der Waals surface area contributed by atoms with E-state index in [2.05, 4.69) is 0 Å². The second-order valence-corrected chi connectivity index (χ2v) is 11.9. The lowest BCUT2D eigenvalue weighted by molar-refractivity contribution is 0.670. The van der Waals surface area contributed by atoms with Crippen LogP contribution in [0.25, 0.3) is 98.4 Å². The van der Waals surface area contributed by atoms with Gasteiger partial charge in [0.15, 0.2) is 0 Å². The van der Waals surface area contributed by atoms with Crippen LogP contribution in [0.5, 0.6) is 0 Å². The molecule has 0 amide bonds. The standard InChI is InChI=1S/C53H34O/c1-2-13-35(14-3-1)42-24-12-26-48-50-32-37(28-30-51(50)54-53(42)48)36-27-29-41-38(31-36)18-11-25-45(41)52-46-22-8-6-20-43(46)49(44-21-7-9-23-47(44)52)33-39-17-10-16-34-15-4-5-19-40(34)39/h1-32H,33H2/i1D,2D,3D,4D,5D,6D,7D,8D,9D,10D,11D,12D,13D,14D,15D,16D,17D,18D,19D,20D,21D,22D,23D,24D,25D,26D,27D,28D,29D,30D,31D,32D. The smallest absolute Gasteiger partial charge is 0.143 e. The molecule has 0 N–H and O–H groups in total. The van der Waals surface area contributed by atoms with E-state index >= 15 is 0 Å². The van der Waals surface area contributed by atoms with Gasteiger partial charge < -0.3 is 4.42 Å². The van der Waals surface area contributed by atoms with Crippen LogP contribution in [0.15, 0.2) is 198 Å². The van der Waals surface area contributed by atoms with Gasteiger partial charge in [-0.1, -0.05) is 175 Å². The molecule has 1 heterocycles. The maximum atomic E-state index is 9.83. The molecule has 0 aliphatic carbocycles. The van der Waals surface area contributed by atoms with Crippen molar-refractivity contribution in [3.8, 4) is 33.4 Å². The highest BCUT2D eigenvalue weighted by Gasteiger charge is 2.18. The molecule has 1 aromatic heterocycles. The minimum absolute atomic E-state index is 0.449. The van der Waals surface area contributed by atoms with E-state index in [1.807, 2.05) is 0 Å². The van der Waals surface area contributed by atoms with Gasteiger partial charge in [0.1, 0.15) is 11.2 Å². The third-order valence-corrected chi connectivity index (χ3v) is 8.97. The molecule has 54 heavy (non-hydrogen) atoms. The Kier molecular flexibility index (Phi) is 2.87. The van der Waals surface area contributed by atoms with E-state index in [1.165, 1.54) is 0 Å². The summed E-state index contributed by atoms with van der Waals surface area (Å²) in [5.41, 5.74) is -6.73. The Morgan fingerprint density at radius 3 is 1.78 bits per heavy atom. The van der Waals surface area contributed by atoms with Crippen LogP contribution in [-0.2, 0) is 6.42 Å². The molecule has 0 radical (unpaired) electrons. The third kappa shape index (κ3) is 4.86. The summed E-state index contributed by atoms with van der Waals surface area (Å²) in [7, 11) is 0. The van der Waals surface area contributed by atoms with Crippen LogP contribution in [0.4, 0.5) is 0 Å². The average Bonchev–Trinajstić information content (AvgIpc) is 0.942. The first-order chi connectivity index (χ1) is 40.1. The van der Waals surface area contributed by atoms with Crippen molar-refractivity contribution in [3.63, 3.8) is 0 Å². The van der Waals surface area contributed by atoms with E-state index in [4.69, 9.17) is 30.5 Å². The van der Waals surface area contributed by atoms with Crippen molar-refractivity contribution in [2.75, 3.05) is 0 Å². The van der Waals surface area contributed by atoms with Crippen LogP contribution in [0.3, 0.4) is 0 Å². The Morgan fingerprint density at radius 1 is 0.370 bits per heavy atom. The summed E-state index contributed by atoms with van der Waals surface area (Å²) < 4.78 is 295. The van der Waals surface area contributed by atoms with Gasteiger partial charge in [-0.3, -0.25) is 0 Å². The van der Waals surface area contributed by atoms with Crippen molar-refractivity contribution in [2.24, 2.45) is 0 Å². The summed E-state index contributed by atoms with van der Waals surface area (Å²) in [5.74, 6) is 0. The van der Waals surface area contributed by atoms with E-state index in [1.54, 1.807) is 0 Å². The molecular formula is C53H34O. The van der Waals surface area contributed by atoms with Gasteiger partial charge >= 0.3 is 0 Å². The molecule has 0 unspecified atom stereocenters. The molecule has 11 aromatic rings. The third-order valence-electron chi connectivity index (χ3n) is 8.97. The lowest BCUT2D eigenvalue weighted by atomic mass is 9.84. The van der Waals surface area contributed by atoms with Gasteiger partial charge in [0.2, 0.25) is 0 Å². The van der Waals surface area contributed by atoms with Crippen molar-refractivity contribution in [1.82, 2.24) is 0 Å². The minimum atomic E-state index is -1.10. The quantitative estimate of drug-likeness (QED) is 0.162. The van der Waals surface area contributed by atoms with E-state index in [0.717, 1.165) is 0 Å². The molecule has 10 aromatic carbocycles. The molecule has 0 bridgehead atoms. The first-order valence-electron chi connectivity index (χ1n) is 32.1. The van der Waals surface area contributed by atoms with Crippen LogP contribution in [0, 0.1) is 0 Å². The van der Waals surface area contributed by atoms with Gasteiger partial charge in [-0.25, -0.2) is 0 Å². The largest absolute Gasteiger partial charge is 0.455 e. The number of benzene rings is 10. The molecule has 1 heteroatoms. The highest BCUT2D eigenvalue weighted by Crippen LogP contribution is 2.44. The maximum absolute atomic E-state index is 9.83. The summed E-state index contributed by atoms with van der Waals surface area (Å²) >= 11 is 0. The molecule has 0 saturated carbocycles. The topological polar surface area (TPSA) is 13.1 Å². The Bertz CT molecular complexity index is 4980. The molecule has 0 atom stereocenters. The van der Waals surface area contributed by atoms with Crippen LogP contribution < -0.4 is 0 Å². The highest BCUT2D eigenvalue weighted by molar-refractivity contribution is 6.19. The Hall–Kier alpha value is -6.96. The van der Waals surface area contributed by atoms with Crippen molar-refractivity contribution >= 4 is 65.0 Å². The Balaban J connectivity index is 1.31. The first kappa shape index (κ1) is 12.6. The van der Waals surface area contributed by atoms with Crippen LogP contribution >= 0.6 is 0 Å². The predicted octanol–water partition coefficient (Wildman–Crippen LogP) is 14.8. The maximum Gasteiger partial charge on any atom is 0.143 e.